The van der Waals surface area contributed by atoms with Crippen LogP contribution in [0.2, 0.25) is 0 Å². The first-order chi connectivity index (χ1) is 42.7. The number of nitrogens with zero attached hydrogens (tertiary/aromatic N) is 4. The summed E-state index contributed by atoms with van der Waals surface area (Å²) >= 11 is 0. The van der Waals surface area contributed by atoms with E-state index in [2.05, 4.69) is 51.8 Å². The number of aliphatic hydroxyl groups is 5. The lowest BCUT2D eigenvalue weighted by Crippen LogP contribution is -2.57. The number of carbonyl (C=O) groups is 3. The molecule has 510 valence electrons. The number of amides is 3. The quantitative estimate of drug-likeness (QED) is 0.0179. The lowest BCUT2D eigenvalue weighted by atomic mass is 9.98. The van der Waals surface area contributed by atoms with E-state index in [0.29, 0.717) is 18.9 Å². The van der Waals surface area contributed by atoms with Gasteiger partial charge in [-0.15, -0.1) is 0 Å². The van der Waals surface area contributed by atoms with Gasteiger partial charge < -0.3 is 114 Å². The van der Waals surface area contributed by atoms with Crippen LogP contribution in [0.4, 0.5) is 38.0 Å². The highest BCUT2D eigenvalue weighted by molar-refractivity contribution is 5.79. The van der Waals surface area contributed by atoms with Gasteiger partial charge in [-0.05, 0) is 0 Å². The zero-order valence-corrected chi connectivity index (χ0v) is 49.2. The van der Waals surface area contributed by atoms with Crippen LogP contribution in [0.15, 0.2) is 24.8 Å². The second-order valence-corrected chi connectivity index (χ2v) is 19.5. The molecule has 89 heavy (non-hydrogen) atoms. The van der Waals surface area contributed by atoms with Crippen molar-refractivity contribution in [2.75, 3.05) is 189 Å². The lowest BCUT2D eigenvalue weighted by molar-refractivity contribution is -0.161. The minimum absolute atomic E-state index is 0.00766. The highest BCUT2D eigenvalue weighted by atomic mass is 19.4. The molecule has 2 saturated heterocycles. The Balaban J connectivity index is 0.922. The molecule has 0 saturated carbocycles. The molecule has 31 nitrogen and oxygen atoms in total. The molecule has 0 spiro atoms. The van der Waals surface area contributed by atoms with E-state index >= 15 is 0 Å². The standard InChI is InChI=1S/C52H84F6N10O21/c1-59-45(71)32-87-33-46(72)64-34(26-83-6-2-43(69)62-4-8-77-10-12-79-14-16-81-18-20-85-30-37-49(75)47(73)35(28-88-37)65-41-24-60-22-39(67-41)51(53,54)55)27-84-7-3-44(70)63-5-9-78-11-13-80-15-17-82-19-21-86-31-38-50(76)48(74)36(29-89-38)66-42-25-61-23-40(68-42)52(56,57)58/h22-25,34-38,43,47-50,62,69,73-76H,2-21,26-33H2,1H3,(H,59,71)(H,63,70)(H,64,72)(H,65,67)(H,66,68)/t34?,35-,36-,37+,38+,43?,47+,48+,49-,50-/m0/s1. The molecule has 0 bridgehead atoms. The average Bonchev–Trinajstić information content (AvgIpc) is 3.48. The minimum atomic E-state index is -4.70. The number of alkyl halides is 6. The Bertz CT molecular complexity index is 2250. The summed E-state index contributed by atoms with van der Waals surface area (Å²) in [5.74, 6) is -1.72. The van der Waals surface area contributed by atoms with Gasteiger partial charge in [-0.3, -0.25) is 29.7 Å². The topological polar surface area (TPSA) is 396 Å². The molecule has 2 aromatic heterocycles. The summed E-state index contributed by atoms with van der Waals surface area (Å²) in [5.41, 5.74) is -2.42. The van der Waals surface area contributed by atoms with Crippen molar-refractivity contribution in [2.24, 2.45) is 0 Å². The first-order valence-corrected chi connectivity index (χ1v) is 28.5. The third-order valence-electron chi connectivity index (χ3n) is 12.5. The van der Waals surface area contributed by atoms with Gasteiger partial charge in [0.25, 0.3) is 0 Å². The molecule has 2 unspecified atom stereocenters. The number of hydrogen-bond acceptors (Lipinski definition) is 28. The number of ether oxygens (including phenoxy) is 13. The van der Waals surface area contributed by atoms with Gasteiger partial charge in [0, 0.05) is 33.0 Å². The summed E-state index contributed by atoms with van der Waals surface area (Å²) in [6.45, 7) is 2.80. The van der Waals surface area contributed by atoms with E-state index in [-0.39, 0.29) is 189 Å². The Kier molecular flexibility index (Phi) is 37.5. The molecule has 4 heterocycles. The van der Waals surface area contributed by atoms with E-state index in [1.807, 2.05) is 0 Å². The average molecular weight is 1300 g/mol. The van der Waals surface area contributed by atoms with Crippen molar-refractivity contribution in [3.63, 3.8) is 0 Å². The molecule has 0 aliphatic carbocycles. The van der Waals surface area contributed by atoms with Crippen LogP contribution >= 0.6 is 0 Å². The van der Waals surface area contributed by atoms with Crippen LogP contribution < -0.4 is 31.9 Å². The van der Waals surface area contributed by atoms with Gasteiger partial charge in [-0.2, -0.15) is 26.3 Å². The Labute approximate surface area is 509 Å². The van der Waals surface area contributed by atoms with Crippen molar-refractivity contribution >= 4 is 29.4 Å². The van der Waals surface area contributed by atoms with Crippen LogP contribution in [0.3, 0.4) is 0 Å². The molecule has 2 aliphatic rings. The van der Waals surface area contributed by atoms with E-state index < -0.39 is 103 Å². The number of nitrogens with one attached hydrogen (secondary N) is 6. The fourth-order valence-corrected chi connectivity index (χ4v) is 7.83. The predicted molar refractivity (Wildman–Crippen MR) is 294 cm³/mol. The van der Waals surface area contributed by atoms with Gasteiger partial charge in [-0.25, -0.2) is 9.97 Å². The minimum Gasteiger partial charge on any atom is -0.388 e. The summed E-state index contributed by atoms with van der Waals surface area (Å²) in [4.78, 5) is 50.3. The molecule has 37 heteroatoms. The molecule has 11 N–H and O–H groups in total. The number of hydrogen-bond donors (Lipinski definition) is 11. The Morgan fingerprint density at radius 3 is 1.43 bits per heavy atom. The largest absolute Gasteiger partial charge is 0.434 e. The number of likely N-dealkylation sites (N-methyl/N-ethyl adjacent to an activating group) is 1. The smallest absolute Gasteiger partial charge is 0.388 e. The maximum absolute atomic E-state index is 13.0. The van der Waals surface area contributed by atoms with E-state index in [1.165, 1.54) is 7.05 Å². The van der Waals surface area contributed by atoms with E-state index in [0.717, 1.165) is 12.4 Å². The highest BCUT2D eigenvalue weighted by Gasteiger charge is 2.41. The maximum atomic E-state index is 13.0. The van der Waals surface area contributed by atoms with Gasteiger partial charge in [0.1, 0.15) is 67.7 Å². The second-order valence-electron chi connectivity index (χ2n) is 19.5. The first kappa shape index (κ1) is 76.4. The number of halogens is 6. The van der Waals surface area contributed by atoms with Crippen molar-refractivity contribution in [2.45, 2.75) is 86.2 Å². The summed E-state index contributed by atoms with van der Waals surface area (Å²) in [7, 11) is 1.43. The summed E-state index contributed by atoms with van der Waals surface area (Å²) in [5, 5.41) is 68.2. The molecular weight excluding hydrogens is 1210 g/mol. The first-order valence-electron chi connectivity index (χ1n) is 28.5. The van der Waals surface area contributed by atoms with Crippen LogP contribution in [0.5, 0.6) is 0 Å². The summed E-state index contributed by atoms with van der Waals surface area (Å²) in [6.07, 6.45) is -14.2. The van der Waals surface area contributed by atoms with Crippen molar-refractivity contribution in [1.29, 1.82) is 0 Å². The molecular formula is C52H84F6N10O21. The van der Waals surface area contributed by atoms with E-state index in [9.17, 15) is 66.3 Å². The predicted octanol–water partition coefficient (Wildman–Crippen LogP) is -2.98. The molecule has 4 rings (SSSR count). The third kappa shape index (κ3) is 32.7. The van der Waals surface area contributed by atoms with Crippen LogP contribution in [0.25, 0.3) is 0 Å². The van der Waals surface area contributed by atoms with Crippen LogP contribution in [-0.2, 0) is 88.3 Å². The molecule has 0 aromatic carbocycles. The number of rotatable bonds is 48. The molecule has 3 amide bonds. The number of aromatic nitrogens is 4. The molecule has 2 aromatic rings. The van der Waals surface area contributed by atoms with Crippen molar-refractivity contribution in [1.82, 2.24) is 41.2 Å². The van der Waals surface area contributed by atoms with Gasteiger partial charge in [-0.1, -0.05) is 0 Å². The fraction of sp³-hybridized carbons (Fsp3) is 0.788. The van der Waals surface area contributed by atoms with Crippen molar-refractivity contribution in [3.8, 4) is 0 Å². The SMILES string of the molecule is CNC(=O)COCC(=O)NC(COCCC(=O)NCCOCCOCCOCCOC[C@H]1OC[C@H](Nc2cncc(C(F)(F)F)n2)[C@@H](O)[C@H]1O)COCCC(O)NCCOCCOCCOCCOC[C@H]1OC[C@H](Nc2cncc(C(F)(F)F)n2)[C@@H](O)[C@H]1O. The van der Waals surface area contributed by atoms with Crippen molar-refractivity contribution < 1.29 is 128 Å². The second kappa shape index (κ2) is 43.7. The van der Waals surface area contributed by atoms with Gasteiger partial charge >= 0.3 is 12.4 Å². The highest BCUT2D eigenvalue weighted by Crippen LogP contribution is 2.29. The van der Waals surface area contributed by atoms with Gasteiger partial charge in [0.2, 0.25) is 17.7 Å². The third-order valence-corrected chi connectivity index (χ3v) is 12.5. The Hall–Kier alpha value is -5.01. The Morgan fingerprint density at radius 1 is 0.539 bits per heavy atom. The van der Waals surface area contributed by atoms with E-state index in [1.54, 1.807) is 0 Å². The van der Waals surface area contributed by atoms with Crippen LogP contribution in [0, 0.1) is 0 Å². The van der Waals surface area contributed by atoms with E-state index in [4.69, 9.17) is 61.6 Å². The number of aliphatic hydroxyl groups excluding tert-OH is 5. The summed E-state index contributed by atoms with van der Waals surface area (Å²) < 4.78 is 149. The van der Waals surface area contributed by atoms with Crippen molar-refractivity contribution in [3.05, 3.63) is 36.2 Å². The normalized spacial score (nSPS) is 21.3. The maximum Gasteiger partial charge on any atom is 0.434 e. The Morgan fingerprint density at radius 2 is 0.966 bits per heavy atom. The zero-order chi connectivity index (χ0) is 64.7. The van der Waals surface area contributed by atoms with Gasteiger partial charge in [0.15, 0.2) is 11.4 Å². The molecule has 2 fully saturated rings. The number of anilines is 2. The fourth-order valence-electron chi connectivity index (χ4n) is 7.83. The molecule has 0 radical (unpaired) electrons. The van der Waals surface area contributed by atoms with Crippen LogP contribution in [-0.4, -0.2) is 303 Å². The molecule has 10 atom stereocenters. The number of carbonyl (C=O) groups excluding carboxylic acids is 3. The zero-order valence-electron chi connectivity index (χ0n) is 49.2. The monoisotopic (exact) mass is 1300 g/mol. The summed E-state index contributed by atoms with van der Waals surface area (Å²) in [6, 6.07) is -2.56. The van der Waals surface area contributed by atoms with Crippen LogP contribution in [0.1, 0.15) is 24.2 Å². The lowest BCUT2D eigenvalue weighted by Gasteiger charge is -2.38. The van der Waals surface area contributed by atoms with Gasteiger partial charge in [0.05, 0.1) is 188 Å². The molecule has 2 aliphatic heterocycles.